The number of benzene rings is 1. The Morgan fingerprint density at radius 3 is 2.81 bits per heavy atom. The van der Waals surface area contributed by atoms with Crippen LogP contribution in [-0.2, 0) is 14.3 Å². The molecule has 0 bridgehead atoms. The van der Waals surface area contributed by atoms with Crippen molar-refractivity contribution in [3.8, 4) is 10.6 Å². The van der Waals surface area contributed by atoms with Crippen molar-refractivity contribution in [3.05, 3.63) is 28.7 Å². The van der Waals surface area contributed by atoms with E-state index in [4.69, 9.17) is 4.74 Å². The number of hydrogen-bond acceptors (Lipinski definition) is 6. The first-order chi connectivity index (χ1) is 12.5. The summed E-state index contributed by atoms with van der Waals surface area (Å²) in [5, 5.41) is 9.59. The Morgan fingerprint density at radius 2 is 2.12 bits per heavy atom. The van der Waals surface area contributed by atoms with E-state index in [2.05, 4.69) is 26.1 Å². The van der Waals surface area contributed by atoms with Crippen molar-refractivity contribution in [1.29, 1.82) is 0 Å². The van der Waals surface area contributed by atoms with E-state index in [1.165, 1.54) is 16.2 Å². The Hall–Kier alpha value is -1.84. The second-order valence-electron chi connectivity index (χ2n) is 6.03. The number of halogens is 1. The van der Waals surface area contributed by atoms with Crippen LogP contribution in [0, 0.1) is 5.92 Å². The molecule has 1 aliphatic rings. The summed E-state index contributed by atoms with van der Waals surface area (Å²) < 4.78 is 6.00. The fourth-order valence-electron chi connectivity index (χ4n) is 2.78. The minimum absolute atomic E-state index is 0.0124. The number of rotatable bonds is 6. The third kappa shape index (κ3) is 4.11. The highest BCUT2D eigenvalue weighted by atomic mass is 79.9. The van der Waals surface area contributed by atoms with Gasteiger partial charge in [0, 0.05) is 43.7 Å². The van der Waals surface area contributed by atoms with Gasteiger partial charge in [-0.05, 0) is 12.1 Å². The summed E-state index contributed by atoms with van der Waals surface area (Å²) in [6.45, 7) is 1.40. The summed E-state index contributed by atoms with van der Waals surface area (Å²) in [4.78, 5) is 28.0. The molecule has 1 aromatic heterocycles. The Labute approximate surface area is 164 Å². The molecule has 2 aromatic rings. The number of carbonyl (C=O) groups is 2. The number of nitrogens with zero attached hydrogens (tertiary/aromatic N) is 4. The maximum Gasteiger partial charge on any atom is 0.233 e. The van der Waals surface area contributed by atoms with Gasteiger partial charge in [0.25, 0.3) is 0 Å². The third-order valence-corrected chi connectivity index (χ3v) is 5.83. The van der Waals surface area contributed by atoms with Gasteiger partial charge in [-0.15, -0.1) is 10.2 Å². The molecular weight excluding hydrogens is 420 g/mol. The van der Waals surface area contributed by atoms with Crippen LogP contribution >= 0.6 is 27.3 Å². The molecule has 0 N–H and O–H groups in total. The second-order valence-corrected chi connectivity index (χ2v) is 7.90. The number of likely N-dealkylation sites (tertiary alicyclic amines) is 1. The van der Waals surface area contributed by atoms with E-state index < -0.39 is 0 Å². The number of anilines is 1. The number of aromatic nitrogens is 2. The molecule has 0 spiro atoms. The van der Waals surface area contributed by atoms with Gasteiger partial charge in [0.1, 0.15) is 5.01 Å². The highest BCUT2D eigenvalue weighted by Gasteiger charge is 2.36. The summed E-state index contributed by atoms with van der Waals surface area (Å²) in [6.07, 6.45) is 0.227. The lowest BCUT2D eigenvalue weighted by Gasteiger charge is -2.18. The quantitative estimate of drug-likeness (QED) is 0.691. The maximum atomic E-state index is 12.7. The zero-order valence-electron chi connectivity index (χ0n) is 14.5. The number of methoxy groups -OCH3 is 1. The van der Waals surface area contributed by atoms with Crippen LogP contribution in [0.4, 0.5) is 5.13 Å². The van der Waals surface area contributed by atoms with E-state index >= 15 is 0 Å². The first kappa shape index (κ1) is 18.9. The molecule has 7 nitrogen and oxygen atoms in total. The molecule has 138 valence electrons. The summed E-state index contributed by atoms with van der Waals surface area (Å²) in [5.74, 6) is -0.484. The minimum atomic E-state index is -0.357. The van der Waals surface area contributed by atoms with Gasteiger partial charge in [-0.3, -0.25) is 14.5 Å². The Bertz CT molecular complexity index is 796. The van der Waals surface area contributed by atoms with E-state index in [1.54, 1.807) is 19.1 Å². The van der Waals surface area contributed by atoms with Crippen LogP contribution in [0.15, 0.2) is 28.7 Å². The number of amides is 2. The predicted octanol–water partition coefficient (Wildman–Crippen LogP) is 2.43. The Balaban J connectivity index is 1.68. The molecule has 9 heteroatoms. The van der Waals surface area contributed by atoms with Crippen LogP contribution in [0.1, 0.15) is 6.42 Å². The molecule has 0 radical (unpaired) electrons. The van der Waals surface area contributed by atoms with Gasteiger partial charge in [-0.25, -0.2) is 0 Å². The smallest absolute Gasteiger partial charge is 0.233 e. The average molecular weight is 439 g/mol. The van der Waals surface area contributed by atoms with Crippen molar-refractivity contribution in [2.45, 2.75) is 6.42 Å². The van der Waals surface area contributed by atoms with Crippen LogP contribution in [-0.4, -0.2) is 60.8 Å². The van der Waals surface area contributed by atoms with E-state index in [9.17, 15) is 9.59 Å². The molecule has 1 saturated heterocycles. The summed E-state index contributed by atoms with van der Waals surface area (Å²) in [5.41, 5.74) is 0.944. The minimum Gasteiger partial charge on any atom is -0.383 e. The van der Waals surface area contributed by atoms with E-state index in [0.29, 0.717) is 24.8 Å². The number of carbonyl (C=O) groups excluding carboxylic acids is 2. The number of hydrogen-bond donors (Lipinski definition) is 0. The maximum absolute atomic E-state index is 12.7. The molecule has 2 heterocycles. The van der Waals surface area contributed by atoms with Gasteiger partial charge in [0.05, 0.1) is 12.5 Å². The lowest BCUT2D eigenvalue weighted by molar-refractivity contribution is -0.128. The molecule has 1 atom stereocenters. The van der Waals surface area contributed by atoms with Crippen molar-refractivity contribution >= 4 is 44.2 Å². The third-order valence-electron chi connectivity index (χ3n) is 4.25. The van der Waals surface area contributed by atoms with Crippen LogP contribution < -0.4 is 4.90 Å². The van der Waals surface area contributed by atoms with Crippen LogP contribution in [0.25, 0.3) is 10.6 Å². The van der Waals surface area contributed by atoms with E-state index in [-0.39, 0.29) is 24.2 Å². The molecule has 1 aliphatic heterocycles. The SMILES string of the molecule is COCCN1CC(C(=O)N(C)c2nnc(-c3ccc(Br)cc3)s2)CC1=O. The van der Waals surface area contributed by atoms with Gasteiger partial charge in [-0.2, -0.15) is 0 Å². The predicted molar refractivity (Wildman–Crippen MR) is 103 cm³/mol. The molecule has 26 heavy (non-hydrogen) atoms. The van der Waals surface area contributed by atoms with Crippen molar-refractivity contribution < 1.29 is 14.3 Å². The topological polar surface area (TPSA) is 75.6 Å². The molecule has 1 unspecified atom stereocenters. The van der Waals surface area contributed by atoms with Gasteiger partial charge in [0.15, 0.2) is 0 Å². The van der Waals surface area contributed by atoms with Gasteiger partial charge in [0.2, 0.25) is 16.9 Å². The molecule has 3 rings (SSSR count). The molecular formula is C17H19BrN4O3S. The Kier molecular flexibility index (Phi) is 6.00. The van der Waals surface area contributed by atoms with Crippen LogP contribution in [0.3, 0.4) is 0 Å². The number of ether oxygens (including phenoxy) is 1. The van der Waals surface area contributed by atoms with Crippen LogP contribution in [0.5, 0.6) is 0 Å². The second kappa shape index (κ2) is 8.24. The van der Waals surface area contributed by atoms with E-state index in [0.717, 1.165) is 15.0 Å². The largest absolute Gasteiger partial charge is 0.383 e. The first-order valence-corrected chi connectivity index (χ1v) is 9.74. The fourth-order valence-corrected chi connectivity index (χ4v) is 3.86. The van der Waals surface area contributed by atoms with Gasteiger partial charge < -0.3 is 9.64 Å². The molecule has 1 aromatic carbocycles. The lowest BCUT2D eigenvalue weighted by atomic mass is 10.1. The van der Waals surface area contributed by atoms with Crippen molar-refractivity contribution in [2.75, 3.05) is 38.8 Å². The highest BCUT2D eigenvalue weighted by molar-refractivity contribution is 9.10. The molecule has 0 aliphatic carbocycles. The fraction of sp³-hybridized carbons (Fsp3) is 0.412. The van der Waals surface area contributed by atoms with Crippen molar-refractivity contribution in [2.24, 2.45) is 5.92 Å². The van der Waals surface area contributed by atoms with Gasteiger partial charge in [-0.1, -0.05) is 39.4 Å². The van der Waals surface area contributed by atoms with Crippen LogP contribution in [0.2, 0.25) is 0 Å². The Morgan fingerprint density at radius 1 is 1.38 bits per heavy atom. The summed E-state index contributed by atoms with van der Waals surface area (Å²) in [6, 6.07) is 7.76. The standard InChI is InChI=1S/C17H19BrN4O3S/c1-21(16(24)12-9-14(23)22(10-12)7-8-25-2)17-20-19-15(26-17)11-3-5-13(18)6-4-11/h3-6,12H,7-10H2,1-2H3. The normalized spacial score (nSPS) is 17.0. The highest BCUT2D eigenvalue weighted by Crippen LogP contribution is 2.30. The van der Waals surface area contributed by atoms with Crippen molar-refractivity contribution in [3.63, 3.8) is 0 Å². The average Bonchev–Trinajstić information content (AvgIpc) is 3.26. The zero-order valence-corrected chi connectivity index (χ0v) is 16.9. The lowest BCUT2D eigenvalue weighted by Crippen LogP contribution is -2.35. The molecule has 1 fully saturated rings. The molecule has 0 saturated carbocycles. The molecule has 2 amide bonds. The summed E-state index contributed by atoms with van der Waals surface area (Å²) in [7, 11) is 3.27. The zero-order chi connectivity index (χ0) is 18.7. The first-order valence-electron chi connectivity index (χ1n) is 8.13. The van der Waals surface area contributed by atoms with E-state index in [1.807, 2.05) is 24.3 Å². The van der Waals surface area contributed by atoms with Gasteiger partial charge >= 0.3 is 0 Å². The monoisotopic (exact) mass is 438 g/mol. The van der Waals surface area contributed by atoms with Crippen molar-refractivity contribution in [1.82, 2.24) is 15.1 Å². The summed E-state index contributed by atoms with van der Waals surface area (Å²) >= 11 is 4.76.